The van der Waals surface area contributed by atoms with Crippen molar-refractivity contribution < 1.29 is 18.0 Å². The summed E-state index contributed by atoms with van der Waals surface area (Å²) in [5.74, 6) is -0.587. The van der Waals surface area contributed by atoms with Crippen LogP contribution in [0.2, 0.25) is 0 Å². The van der Waals surface area contributed by atoms with E-state index in [0.29, 0.717) is 6.04 Å². The second-order valence-electron chi connectivity index (χ2n) is 7.15. The molecule has 2 rings (SSSR count). The molecule has 0 spiro atoms. The van der Waals surface area contributed by atoms with Gasteiger partial charge in [-0.15, -0.1) is 0 Å². The molecule has 0 aromatic heterocycles. The Morgan fingerprint density at radius 3 is 2.56 bits per heavy atom. The molecular formula is C18H26F3N3O. The molecule has 0 aliphatic carbocycles. The number of hydrogen-bond acceptors (Lipinski definition) is 3. The quantitative estimate of drug-likeness (QED) is 0.877. The van der Waals surface area contributed by atoms with Crippen molar-refractivity contribution in [2.75, 3.05) is 32.5 Å². The molecule has 1 saturated heterocycles. The first-order valence-electron chi connectivity index (χ1n) is 8.47. The van der Waals surface area contributed by atoms with Crippen LogP contribution in [0.15, 0.2) is 18.2 Å². The van der Waals surface area contributed by atoms with Crippen molar-refractivity contribution in [3.8, 4) is 0 Å². The summed E-state index contributed by atoms with van der Waals surface area (Å²) in [6.07, 6.45) is -3.49. The Bertz CT molecular complexity index is 614. The number of amides is 1. The van der Waals surface area contributed by atoms with Crippen molar-refractivity contribution in [2.24, 2.45) is 5.92 Å². The fourth-order valence-corrected chi connectivity index (χ4v) is 2.96. The van der Waals surface area contributed by atoms with Crippen LogP contribution >= 0.6 is 0 Å². The number of benzene rings is 1. The second-order valence-corrected chi connectivity index (χ2v) is 7.15. The Hall–Kier alpha value is -1.60. The molecule has 140 valence electrons. The first kappa shape index (κ1) is 19.7. The summed E-state index contributed by atoms with van der Waals surface area (Å²) in [6, 6.07) is 4.43. The molecule has 1 fully saturated rings. The Morgan fingerprint density at radius 2 is 2.04 bits per heavy atom. The van der Waals surface area contributed by atoms with E-state index in [0.717, 1.165) is 25.6 Å². The van der Waals surface area contributed by atoms with Crippen molar-refractivity contribution in [1.82, 2.24) is 9.80 Å². The standard InChI is InChI=1S/C18H26F3N3O/c1-12(2)17(25)22-14-6-5-13(16(9-14)18(19,20)21)10-24-8-7-15(11-24)23(3)4/h5-6,9,12,15H,7-8,10-11H2,1-4H3,(H,22,25)/t15-/m0/s1. The third-order valence-electron chi connectivity index (χ3n) is 4.58. The fourth-order valence-electron chi connectivity index (χ4n) is 2.96. The summed E-state index contributed by atoms with van der Waals surface area (Å²) in [5.41, 5.74) is -0.251. The number of alkyl halides is 3. The van der Waals surface area contributed by atoms with Gasteiger partial charge in [0.25, 0.3) is 0 Å². The summed E-state index contributed by atoms with van der Waals surface area (Å²) in [4.78, 5) is 15.9. The van der Waals surface area contributed by atoms with Gasteiger partial charge in [0.2, 0.25) is 5.91 Å². The third kappa shape index (κ3) is 5.19. The molecule has 1 aliphatic rings. The first-order chi connectivity index (χ1) is 11.6. The average Bonchev–Trinajstić information content (AvgIpc) is 2.96. The number of carbonyl (C=O) groups excluding carboxylic acids is 1. The van der Waals surface area contributed by atoms with E-state index in [2.05, 4.69) is 10.2 Å². The number of anilines is 1. The van der Waals surface area contributed by atoms with Crippen molar-refractivity contribution >= 4 is 11.6 Å². The predicted molar refractivity (Wildman–Crippen MR) is 92.3 cm³/mol. The number of likely N-dealkylation sites (tertiary alicyclic amines) is 1. The second kappa shape index (κ2) is 7.74. The number of hydrogen-bond donors (Lipinski definition) is 1. The number of carbonyl (C=O) groups is 1. The van der Waals surface area contributed by atoms with E-state index in [1.54, 1.807) is 19.9 Å². The van der Waals surface area contributed by atoms with Crippen molar-refractivity contribution in [3.63, 3.8) is 0 Å². The Labute approximate surface area is 147 Å². The van der Waals surface area contributed by atoms with Crippen molar-refractivity contribution in [1.29, 1.82) is 0 Å². The number of nitrogens with one attached hydrogen (secondary N) is 1. The highest BCUT2D eigenvalue weighted by Gasteiger charge is 2.35. The summed E-state index contributed by atoms with van der Waals surface area (Å²) < 4.78 is 40.4. The maximum absolute atomic E-state index is 13.5. The highest BCUT2D eigenvalue weighted by atomic mass is 19.4. The van der Waals surface area contributed by atoms with Gasteiger partial charge in [0.1, 0.15) is 0 Å². The van der Waals surface area contributed by atoms with E-state index in [-0.39, 0.29) is 29.6 Å². The summed E-state index contributed by atoms with van der Waals surface area (Å²) in [5, 5.41) is 2.54. The molecule has 1 aromatic carbocycles. The minimum absolute atomic E-state index is 0.183. The van der Waals surface area contributed by atoms with Crippen molar-refractivity contribution in [2.45, 2.75) is 39.0 Å². The van der Waals surface area contributed by atoms with Crippen LogP contribution in [0.1, 0.15) is 31.4 Å². The Morgan fingerprint density at radius 1 is 1.36 bits per heavy atom. The van der Waals surface area contributed by atoms with Crippen LogP contribution in [0.5, 0.6) is 0 Å². The van der Waals surface area contributed by atoms with Crippen LogP contribution < -0.4 is 5.32 Å². The average molecular weight is 357 g/mol. The van der Waals surface area contributed by atoms with Crippen LogP contribution in [0, 0.1) is 5.92 Å². The molecule has 25 heavy (non-hydrogen) atoms. The van der Waals surface area contributed by atoms with Gasteiger partial charge in [0.05, 0.1) is 5.56 Å². The topological polar surface area (TPSA) is 35.6 Å². The van der Waals surface area contributed by atoms with Crippen LogP contribution in [0.3, 0.4) is 0 Å². The normalized spacial score (nSPS) is 19.0. The zero-order chi connectivity index (χ0) is 18.8. The van der Waals surface area contributed by atoms with E-state index < -0.39 is 11.7 Å². The van der Waals surface area contributed by atoms with Gasteiger partial charge in [-0.1, -0.05) is 19.9 Å². The fraction of sp³-hybridized carbons (Fsp3) is 0.611. The summed E-state index contributed by atoms with van der Waals surface area (Å²) >= 11 is 0. The molecule has 1 aromatic rings. The van der Waals surface area contributed by atoms with Gasteiger partial charge in [-0.05, 0) is 38.2 Å². The molecule has 1 heterocycles. The predicted octanol–water partition coefficient (Wildman–Crippen LogP) is 3.44. The maximum Gasteiger partial charge on any atom is 0.416 e. The van der Waals surface area contributed by atoms with Crippen LogP contribution in [0.25, 0.3) is 0 Å². The minimum Gasteiger partial charge on any atom is -0.326 e. The van der Waals surface area contributed by atoms with Crippen LogP contribution in [0.4, 0.5) is 18.9 Å². The Kier molecular flexibility index (Phi) is 6.11. The van der Waals surface area contributed by atoms with Crippen LogP contribution in [-0.2, 0) is 17.5 Å². The molecule has 0 radical (unpaired) electrons. The van der Waals surface area contributed by atoms with Gasteiger partial charge in [0.15, 0.2) is 0 Å². The van der Waals surface area contributed by atoms with Crippen LogP contribution in [-0.4, -0.2) is 48.9 Å². The first-order valence-corrected chi connectivity index (χ1v) is 8.47. The lowest BCUT2D eigenvalue weighted by atomic mass is 10.0. The lowest BCUT2D eigenvalue weighted by molar-refractivity contribution is -0.138. The lowest BCUT2D eigenvalue weighted by Gasteiger charge is -2.22. The Balaban J connectivity index is 2.19. The molecule has 1 aliphatic heterocycles. The van der Waals surface area contributed by atoms with Crippen molar-refractivity contribution in [3.05, 3.63) is 29.3 Å². The van der Waals surface area contributed by atoms with Gasteiger partial charge in [-0.2, -0.15) is 13.2 Å². The largest absolute Gasteiger partial charge is 0.416 e. The summed E-state index contributed by atoms with van der Waals surface area (Å²) in [6.45, 7) is 5.20. The maximum atomic E-state index is 13.5. The molecule has 0 saturated carbocycles. The lowest BCUT2D eigenvalue weighted by Crippen LogP contribution is -2.31. The molecule has 1 N–H and O–H groups in total. The van der Waals surface area contributed by atoms with E-state index >= 15 is 0 Å². The number of likely N-dealkylation sites (N-methyl/N-ethyl adjacent to an activating group) is 1. The van der Waals surface area contributed by atoms with E-state index in [1.807, 2.05) is 19.0 Å². The molecule has 7 heteroatoms. The highest BCUT2D eigenvalue weighted by Crippen LogP contribution is 2.35. The SMILES string of the molecule is CC(C)C(=O)Nc1ccc(CN2CC[C@H](N(C)C)C2)c(C(F)(F)F)c1. The number of halogens is 3. The highest BCUT2D eigenvalue weighted by molar-refractivity contribution is 5.92. The number of rotatable bonds is 5. The van der Waals surface area contributed by atoms with Gasteiger partial charge in [-0.3, -0.25) is 9.69 Å². The molecule has 1 atom stereocenters. The van der Waals surface area contributed by atoms with E-state index in [9.17, 15) is 18.0 Å². The van der Waals surface area contributed by atoms with Gasteiger partial charge >= 0.3 is 6.18 Å². The molecular weight excluding hydrogens is 331 g/mol. The summed E-state index contributed by atoms with van der Waals surface area (Å²) in [7, 11) is 3.98. The molecule has 0 bridgehead atoms. The van der Waals surface area contributed by atoms with E-state index in [4.69, 9.17) is 0 Å². The zero-order valence-corrected chi connectivity index (χ0v) is 15.2. The monoisotopic (exact) mass is 357 g/mol. The van der Waals surface area contributed by atoms with Gasteiger partial charge in [0, 0.05) is 37.3 Å². The van der Waals surface area contributed by atoms with Gasteiger partial charge < -0.3 is 10.2 Å². The van der Waals surface area contributed by atoms with E-state index in [1.165, 1.54) is 6.07 Å². The molecule has 4 nitrogen and oxygen atoms in total. The third-order valence-corrected chi connectivity index (χ3v) is 4.58. The van der Waals surface area contributed by atoms with Gasteiger partial charge in [-0.25, -0.2) is 0 Å². The molecule has 0 unspecified atom stereocenters. The minimum atomic E-state index is -4.45. The zero-order valence-electron chi connectivity index (χ0n) is 15.2. The smallest absolute Gasteiger partial charge is 0.326 e. The molecule has 1 amide bonds. The number of nitrogens with zero attached hydrogens (tertiary/aromatic N) is 2.